The molecule has 0 aromatic heterocycles. The van der Waals surface area contributed by atoms with Crippen LogP contribution in [0.2, 0.25) is 0 Å². The minimum absolute atomic E-state index is 0.0717. The molecule has 0 saturated carbocycles. The van der Waals surface area contributed by atoms with E-state index in [2.05, 4.69) is 5.32 Å². The standard InChI is InChI=1S/C17H15F4NO/c1-16(2,13-5-3-4-6-14(13)18)22-15(23)11-7-9-12(10-8-11)17(19,20)21/h3-10H,1-2H3,(H,22,23). The molecule has 0 heterocycles. The van der Waals surface area contributed by atoms with Crippen LogP contribution in [0.15, 0.2) is 48.5 Å². The SMILES string of the molecule is CC(C)(NC(=O)c1ccc(C(F)(F)F)cc1)c1ccccc1F. The van der Waals surface area contributed by atoms with Crippen molar-refractivity contribution in [1.29, 1.82) is 0 Å². The van der Waals surface area contributed by atoms with Crippen LogP contribution < -0.4 is 5.32 Å². The summed E-state index contributed by atoms with van der Waals surface area (Å²) in [4.78, 5) is 12.2. The zero-order valence-electron chi connectivity index (χ0n) is 12.5. The molecule has 0 fully saturated rings. The van der Waals surface area contributed by atoms with Gasteiger partial charge in [-0.1, -0.05) is 18.2 Å². The van der Waals surface area contributed by atoms with Crippen molar-refractivity contribution in [3.05, 3.63) is 71.0 Å². The Kier molecular flexibility index (Phi) is 4.45. The first-order chi connectivity index (χ1) is 10.6. The van der Waals surface area contributed by atoms with Gasteiger partial charge >= 0.3 is 6.18 Å². The van der Waals surface area contributed by atoms with Crippen LogP contribution in [0.5, 0.6) is 0 Å². The van der Waals surface area contributed by atoms with Gasteiger partial charge in [-0.15, -0.1) is 0 Å². The largest absolute Gasteiger partial charge is 0.416 e. The Labute approximate surface area is 131 Å². The highest BCUT2D eigenvalue weighted by atomic mass is 19.4. The van der Waals surface area contributed by atoms with Crippen LogP contribution in [-0.2, 0) is 11.7 Å². The number of hydrogen-bond donors (Lipinski definition) is 1. The summed E-state index contributed by atoms with van der Waals surface area (Å²) in [7, 11) is 0. The van der Waals surface area contributed by atoms with E-state index in [0.29, 0.717) is 5.56 Å². The molecule has 2 aromatic carbocycles. The number of rotatable bonds is 3. The maximum atomic E-state index is 13.8. The molecule has 0 bridgehead atoms. The molecule has 0 spiro atoms. The molecular formula is C17H15F4NO. The predicted molar refractivity (Wildman–Crippen MR) is 78.3 cm³/mol. The number of amides is 1. The van der Waals surface area contributed by atoms with Gasteiger partial charge in [0.15, 0.2) is 0 Å². The summed E-state index contributed by atoms with van der Waals surface area (Å²) in [5, 5.41) is 2.63. The first-order valence-electron chi connectivity index (χ1n) is 6.86. The van der Waals surface area contributed by atoms with Gasteiger partial charge in [0, 0.05) is 11.1 Å². The Morgan fingerprint density at radius 3 is 2.04 bits per heavy atom. The summed E-state index contributed by atoms with van der Waals surface area (Å²) in [6, 6.07) is 9.86. The van der Waals surface area contributed by atoms with Crippen molar-refractivity contribution in [3.63, 3.8) is 0 Å². The van der Waals surface area contributed by atoms with E-state index < -0.39 is 29.0 Å². The van der Waals surface area contributed by atoms with Crippen LogP contribution in [0.1, 0.15) is 35.3 Å². The summed E-state index contributed by atoms with van der Waals surface area (Å²) in [5.74, 6) is -1.04. The normalized spacial score (nSPS) is 12.1. The van der Waals surface area contributed by atoms with Crippen molar-refractivity contribution in [2.24, 2.45) is 0 Å². The van der Waals surface area contributed by atoms with Crippen LogP contribution in [0, 0.1) is 5.82 Å². The maximum absolute atomic E-state index is 13.8. The molecule has 0 aliphatic carbocycles. The Bertz CT molecular complexity index is 705. The van der Waals surface area contributed by atoms with E-state index >= 15 is 0 Å². The lowest BCUT2D eigenvalue weighted by Gasteiger charge is -2.27. The molecule has 0 saturated heterocycles. The zero-order chi connectivity index (χ0) is 17.3. The van der Waals surface area contributed by atoms with Crippen molar-refractivity contribution in [1.82, 2.24) is 5.32 Å². The average molecular weight is 325 g/mol. The lowest BCUT2D eigenvalue weighted by molar-refractivity contribution is -0.137. The van der Waals surface area contributed by atoms with Crippen LogP contribution in [0.3, 0.4) is 0 Å². The molecule has 122 valence electrons. The topological polar surface area (TPSA) is 29.1 Å². The Hall–Kier alpha value is -2.37. The van der Waals surface area contributed by atoms with Gasteiger partial charge in [-0.2, -0.15) is 13.2 Å². The van der Waals surface area contributed by atoms with Gasteiger partial charge in [-0.25, -0.2) is 4.39 Å². The molecule has 0 radical (unpaired) electrons. The molecule has 0 atom stereocenters. The van der Waals surface area contributed by atoms with E-state index in [0.717, 1.165) is 24.3 Å². The van der Waals surface area contributed by atoms with Crippen molar-refractivity contribution < 1.29 is 22.4 Å². The summed E-state index contributed by atoms with van der Waals surface area (Å²) in [6.07, 6.45) is -4.46. The third-order valence-corrected chi connectivity index (χ3v) is 3.45. The average Bonchev–Trinajstić information content (AvgIpc) is 2.46. The van der Waals surface area contributed by atoms with Gasteiger partial charge in [-0.3, -0.25) is 4.79 Å². The second kappa shape index (κ2) is 6.02. The van der Waals surface area contributed by atoms with Crippen molar-refractivity contribution in [2.75, 3.05) is 0 Å². The fourth-order valence-corrected chi connectivity index (χ4v) is 2.20. The minimum atomic E-state index is -4.46. The number of benzene rings is 2. The smallest absolute Gasteiger partial charge is 0.343 e. The first-order valence-corrected chi connectivity index (χ1v) is 6.86. The van der Waals surface area contributed by atoms with Crippen molar-refractivity contribution >= 4 is 5.91 Å². The molecule has 2 aromatic rings. The highest BCUT2D eigenvalue weighted by molar-refractivity contribution is 5.94. The molecule has 2 rings (SSSR count). The van der Waals surface area contributed by atoms with E-state index in [1.165, 1.54) is 12.1 Å². The third-order valence-electron chi connectivity index (χ3n) is 3.45. The maximum Gasteiger partial charge on any atom is 0.416 e. The summed E-state index contributed by atoms with van der Waals surface area (Å²) in [6.45, 7) is 3.24. The van der Waals surface area contributed by atoms with Crippen LogP contribution in [0.4, 0.5) is 17.6 Å². The Balaban J connectivity index is 2.20. The van der Waals surface area contributed by atoms with Gasteiger partial charge in [0.1, 0.15) is 5.82 Å². The van der Waals surface area contributed by atoms with Gasteiger partial charge < -0.3 is 5.32 Å². The van der Waals surface area contributed by atoms with Gasteiger partial charge in [0.25, 0.3) is 5.91 Å². The fourth-order valence-electron chi connectivity index (χ4n) is 2.20. The first kappa shape index (κ1) is 17.0. The van der Waals surface area contributed by atoms with Gasteiger partial charge in [0.2, 0.25) is 0 Å². The lowest BCUT2D eigenvalue weighted by atomic mass is 9.93. The number of halogens is 4. The lowest BCUT2D eigenvalue weighted by Crippen LogP contribution is -2.41. The van der Waals surface area contributed by atoms with E-state index in [4.69, 9.17) is 0 Å². The highest BCUT2D eigenvalue weighted by Crippen LogP contribution is 2.29. The van der Waals surface area contributed by atoms with Crippen molar-refractivity contribution in [2.45, 2.75) is 25.6 Å². The van der Waals surface area contributed by atoms with E-state index in [1.807, 2.05) is 0 Å². The monoisotopic (exact) mass is 325 g/mol. The molecule has 0 aliphatic heterocycles. The number of carbonyl (C=O) groups is 1. The molecule has 1 N–H and O–H groups in total. The van der Waals surface area contributed by atoms with Gasteiger partial charge in [-0.05, 0) is 44.2 Å². The Morgan fingerprint density at radius 2 is 1.52 bits per heavy atom. The van der Waals surface area contributed by atoms with E-state index in [1.54, 1.807) is 26.0 Å². The zero-order valence-corrected chi connectivity index (χ0v) is 12.5. The summed E-state index contributed by atoms with van der Waals surface area (Å²) < 4.78 is 51.4. The minimum Gasteiger partial charge on any atom is -0.343 e. The van der Waals surface area contributed by atoms with Gasteiger partial charge in [0.05, 0.1) is 11.1 Å². The second-order valence-electron chi connectivity index (χ2n) is 5.63. The van der Waals surface area contributed by atoms with Crippen LogP contribution >= 0.6 is 0 Å². The van der Waals surface area contributed by atoms with Crippen LogP contribution in [-0.4, -0.2) is 5.91 Å². The molecule has 23 heavy (non-hydrogen) atoms. The molecule has 0 aliphatic rings. The van der Waals surface area contributed by atoms with E-state index in [-0.39, 0.29) is 5.56 Å². The number of carbonyl (C=O) groups excluding carboxylic acids is 1. The van der Waals surface area contributed by atoms with Crippen molar-refractivity contribution in [3.8, 4) is 0 Å². The predicted octanol–water partition coefficient (Wildman–Crippen LogP) is 4.51. The van der Waals surface area contributed by atoms with Crippen LogP contribution in [0.25, 0.3) is 0 Å². The third kappa shape index (κ3) is 3.88. The molecule has 0 unspecified atom stereocenters. The quantitative estimate of drug-likeness (QED) is 0.827. The number of nitrogens with one attached hydrogen (secondary N) is 1. The molecule has 6 heteroatoms. The molecule has 1 amide bonds. The number of alkyl halides is 3. The highest BCUT2D eigenvalue weighted by Gasteiger charge is 2.31. The van der Waals surface area contributed by atoms with E-state index in [9.17, 15) is 22.4 Å². The summed E-state index contributed by atoms with van der Waals surface area (Å²) >= 11 is 0. The number of hydrogen-bond acceptors (Lipinski definition) is 1. The summed E-state index contributed by atoms with van der Waals surface area (Å²) in [5.41, 5.74) is -1.48. The Morgan fingerprint density at radius 1 is 0.957 bits per heavy atom. The molecular weight excluding hydrogens is 310 g/mol. The second-order valence-corrected chi connectivity index (χ2v) is 5.63. The molecule has 2 nitrogen and oxygen atoms in total. The fraction of sp³-hybridized carbons (Fsp3) is 0.235.